The highest BCUT2D eigenvalue weighted by Gasteiger charge is 2.35. The second kappa shape index (κ2) is 5.52. The molecule has 0 aromatic carbocycles. The van der Waals surface area contributed by atoms with E-state index in [4.69, 9.17) is 4.74 Å². The number of nitrogens with zero attached hydrogens (tertiary/aromatic N) is 1. The van der Waals surface area contributed by atoms with E-state index in [9.17, 15) is 18.0 Å². The van der Waals surface area contributed by atoms with Crippen LogP contribution in [0.15, 0.2) is 0 Å². The van der Waals surface area contributed by atoms with Gasteiger partial charge in [-0.05, 0) is 20.3 Å². The number of likely N-dealkylation sites (tertiary alicyclic amines) is 1. The Morgan fingerprint density at radius 2 is 2.06 bits per heavy atom. The van der Waals surface area contributed by atoms with Gasteiger partial charge in [0.1, 0.15) is 6.17 Å². The molecule has 16 heavy (non-hydrogen) atoms. The van der Waals surface area contributed by atoms with Crippen molar-refractivity contribution in [3.8, 4) is 0 Å². The molecule has 0 radical (unpaired) electrons. The molecule has 6 heteroatoms. The number of hydrogen-bond donors (Lipinski definition) is 0. The van der Waals surface area contributed by atoms with Gasteiger partial charge < -0.3 is 9.64 Å². The molecule has 1 fully saturated rings. The number of carbonyl (C=O) groups excluding carboxylic acids is 1. The molecule has 0 aromatic rings. The summed E-state index contributed by atoms with van der Waals surface area (Å²) in [6.45, 7) is 3.38. The third-order valence-corrected chi connectivity index (χ3v) is 2.43. The zero-order chi connectivity index (χ0) is 12.3. The molecule has 1 saturated heterocycles. The van der Waals surface area contributed by atoms with E-state index >= 15 is 0 Å². The van der Waals surface area contributed by atoms with Crippen LogP contribution in [-0.2, 0) is 9.53 Å². The van der Waals surface area contributed by atoms with E-state index in [2.05, 4.69) is 0 Å². The van der Waals surface area contributed by atoms with Gasteiger partial charge in [-0.15, -0.1) is 0 Å². The van der Waals surface area contributed by atoms with Gasteiger partial charge in [-0.25, -0.2) is 4.39 Å². The molecule has 1 amide bonds. The first kappa shape index (κ1) is 13.3. The number of alkyl halides is 3. The van der Waals surface area contributed by atoms with Crippen LogP contribution in [0.4, 0.5) is 13.2 Å². The first-order chi connectivity index (χ1) is 7.41. The molecule has 1 aliphatic rings. The number of rotatable bonds is 3. The predicted molar refractivity (Wildman–Crippen MR) is 52.1 cm³/mol. The molecule has 1 heterocycles. The molecule has 0 aromatic heterocycles. The summed E-state index contributed by atoms with van der Waals surface area (Å²) in [6.07, 6.45) is -4.89. The predicted octanol–water partition coefficient (Wildman–Crippen LogP) is 1.62. The molecule has 0 bridgehead atoms. The van der Waals surface area contributed by atoms with E-state index < -0.39 is 24.6 Å². The van der Waals surface area contributed by atoms with Crippen molar-refractivity contribution in [2.75, 3.05) is 13.1 Å². The minimum Gasteiger partial charge on any atom is -0.372 e. The molecule has 0 unspecified atom stereocenters. The normalized spacial score (nSPS) is 26.6. The maximum Gasteiger partial charge on any atom is 0.315 e. The molecule has 94 valence electrons. The average molecular weight is 239 g/mol. The summed E-state index contributed by atoms with van der Waals surface area (Å²) in [5, 5.41) is 0. The van der Waals surface area contributed by atoms with Crippen LogP contribution in [0.25, 0.3) is 0 Å². The fourth-order valence-electron chi connectivity index (χ4n) is 1.72. The van der Waals surface area contributed by atoms with Crippen LogP contribution in [0.2, 0.25) is 0 Å². The molecular weight excluding hydrogens is 223 g/mol. The Morgan fingerprint density at radius 3 is 2.50 bits per heavy atom. The monoisotopic (exact) mass is 239 g/mol. The van der Waals surface area contributed by atoms with Crippen LogP contribution in [0, 0.1) is 0 Å². The van der Waals surface area contributed by atoms with Gasteiger partial charge in [0.05, 0.1) is 18.8 Å². The number of piperidine rings is 1. The van der Waals surface area contributed by atoms with E-state index in [1.54, 1.807) is 13.8 Å². The lowest BCUT2D eigenvalue weighted by atomic mass is 10.1. The summed E-state index contributed by atoms with van der Waals surface area (Å²) in [4.78, 5) is 11.8. The maximum atomic E-state index is 13.5. The van der Waals surface area contributed by atoms with Crippen molar-refractivity contribution in [2.24, 2.45) is 0 Å². The Hall–Kier alpha value is -0.780. The van der Waals surface area contributed by atoms with Crippen LogP contribution in [0.1, 0.15) is 20.3 Å². The van der Waals surface area contributed by atoms with Crippen molar-refractivity contribution in [3.05, 3.63) is 0 Å². The molecule has 1 aliphatic heterocycles. The van der Waals surface area contributed by atoms with Crippen LogP contribution >= 0.6 is 0 Å². The summed E-state index contributed by atoms with van der Waals surface area (Å²) in [6, 6.07) is 0. The van der Waals surface area contributed by atoms with Crippen molar-refractivity contribution in [1.82, 2.24) is 4.90 Å². The van der Waals surface area contributed by atoms with Crippen LogP contribution < -0.4 is 0 Å². The summed E-state index contributed by atoms with van der Waals surface area (Å²) in [7, 11) is 0. The van der Waals surface area contributed by atoms with Crippen molar-refractivity contribution in [1.29, 1.82) is 0 Å². The first-order valence-corrected chi connectivity index (χ1v) is 5.28. The Kier molecular flexibility index (Phi) is 4.58. The number of amides is 1. The smallest absolute Gasteiger partial charge is 0.315 e. The zero-order valence-electron chi connectivity index (χ0n) is 9.33. The van der Waals surface area contributed by atoms with E-state index in [1.807, 2.05) is 0 Å². The number of hydrogen-bond acceptors (Lipinski definition) is 2. The van der Waals surface area contributed by atoms with Crippen molar-refractivity contribution < 1.29 is 22.7 Å². The fraction of sp³-hybridized carbons (Fsp3) is 0.900. The Labute approximate surface area is 92.5 Å². The number of carbonyl (C=O) groups is 1. The van der Waals surface area contributed by atoms with E-state index in [1.165, 1.54) is 0 Å². The molecule has 0 aliphatic carbocycles. The van der Waals surface area contributed by atoms with E-state index in [0.29, 0.717) is 0 Å². The summed E-state index contributed by atoms with van der Waals surface area (Å²) >= 11 is 0. The van der Waals surface area contributed by atoms with Gasteiger partial charge in [0.15, 0.2) is 0 Å². The Balaban J connectivity index is 2.48. The Bertz CT molecular complexity index is 248. The van der Waals surface area contributed by atoms with Gasteiger partial charge in [0.25, 0.3) is 5.91 Å². The fourth-order valence-corrected chi connectivity index (χ4v) is 1.72. The summed E-state index contributed by atoms with van der Waals surface area (Å²) in [5.74, 6) is -1.30. The highest BCUT2D eigenvalue weighted by atomic mass is 19.3. The second-order valence-electron chi connectivity index (χ2n) is 4.11. The topological polar surface area (TPSA) is 29.5 Å². The molecule has 0 spiro atoms. The quantitative estimate of drug-likeness (QED) is 0.749. The van der Waals surface area contributed by atoms with Crippen molar-refractivity contribution >= 4 is 5.91 Å². The standard InChI is InChI=1S/C10H16F3NO2/c1-6(2)16-8-3-4-14(5-7(8)11)10(15)9(12)13/h6-9H,3-5H2,1-2H3/t7-,8+/m1/s1. The summed E-state index contributed by atoms with van der Waals surface area (Å²) in [5.41, 5.74) is 0. The second-order valence-corrected chi connectivity index (χ2v) is 4.11. The summed E-state index contributed by atoms with van der Waals surface area (Å²) < 4.78 is 43.0. The Morgan fingerprint density at radius 1 is 1.44 bits per heavy atom. The maximum absolute atomic E-state index is 13.5. The van der Waals surface area contributed by atoms with Gasteiger partial charge >= 0.3 is 6.43 Å². The molecule has 0 N–H and O–H groups in total. The minimum absolute atomic E-state index is 0.111. The minimum atomic E-state index is -3.06. The molecule has 0 saturated carbocycles. The van der Waals surface area contributed by atoms with Gasteiger partial charge in [-0.1, -0.05) is 0 Å². The van der Waals surface area contributed by atoms with Crippen LogP contribution in [0.3, 0.4) is 0 Å². The largest absolute Gasteiger partial charge is 0.372 e. The van der Waals surface area contributed by atoms with Crippen molar-refractivity contribution in [3.63, 3.8) is 0 Å². The average Bonchev–Trinajstić information content (AvgIpc) is 2.19. The zero-order valence-corrected chi connectivity index (χ0v) is 9.33. The first-order valence-electron chi connectivity index (χ1n) is 5.28. The molecule has 3 nitrogen and oxygen atoms in total. The molecular formula is C10H16F3NO2. The lowest BCUT2D eigenvalue weighted by molar-refractivity contribution is -0.149. The SMILES string of the molecule is CC(C)O[C@H]1CCN(C(=O)C(F)F)C[C@H]1F. The highest BCUT2D eigenvalue weighted by Crippen LogP contribution is 2.19. The lowest BCUT2D eigenvalue weighted by Crippen LogP contribution is -2.50. The number of halogens is 3. The third-order valence-electron chi connectivity index (χ3n) is 2.43. The van der Waals surface area contributed by atoms with Crippen LogP contribution in [0.5, 0.6) is 0 Å². The highest BCUT2D eigenvalue weighted by molar-refractivity contribution is 5.79. The lowest BCUT2D eigenvalue weighted by Gasteiger charge is -2.35. The van der Waals surface area contributed by atoms with E-state index in [-0.39, 0.29) is 25.6 Å². The molecule has 2 atom stereocenters. The van der Waals surface area contributed by atoms with E-state index in [0.717, 1.165) is 4.90 Å². The van der Waals surface area contributed by atoms with Gasteiger partial charge in [0, 0.05) is 6.54 Å². The van der Waals surface area contributed by atoms with Crippen molar-refractivity contribution in [2.45, 2.75) is 45.1 Å². The third kappa shape index (κ3) is 3.37. The number of ether oxygens (including phenoxy) is 1. The van der Waals surface area contributed by atoms with Gasteiger partial charge in [-0.3, -0.25) is 4.79 Å². The van der Waals surface area contributed by atoms with Gasteiger partial charge in [-0.2, -0.15) is 8.78 Å². The van der Waals surface area contributed by atoms with Gasteiger partial charge in [0.2, 0.25) is 0 Å². The molecule has 1 rings (SSSR count). The van der Waals surface area contributed by atoms with Crippen LogP contribution in [-0.4, -0.2) is 48.7 Å².